The predicted octanol–water partition coefficient (Wildman–Crippen LogP) is 5.13. The van der Waals surface area contributed by atoms with E-state index in [0.29, 0.717) is 22.9 Å². The number of carbonyl (C=O) groups is 2. The third kappa shape index (κ3) is 4.90. The van der Waals surface area contributed by atoms with Gasteiger partial charge in [-0.25, -0.2) is 4.79 Å². The van der Waals surface area contributed by atoms with Gasteiger partial charge >= 0.3 is 5.97 Å². The van der Waals surface area contributed by atoms with Crippen LogP contribution < -0.4 is 5.32 Å². The Kier molecular flexibility index (Phi) is 7.16. The molecule has 1 aliphatic carbocycles. The first-order valence-corrected chi connectivity index (χ1v) is 11.8. The summed E-state index contributed by atoms with van der Waals surface area (Å²) in [6, 6.07) is 4.09. The van der Waals surface area contributed by atoms with Crippen molar-refractivity contribution < 1.29 is 14.3 Å². The molecule has 7 heteroatoms. The Hall–Kier alpha value is -1.31. The molecule has 26 heavy (non-hydrogen) atoms. The first kappa shape index (κ1) is 19.5. The van der Waals surface area contributed by atoms with E-state index in [1.54, 1.807) is 34.4 Å². The minimum absolute atomic E-state index is 0.0616. The van der Waals surface area contributed by atoms with Gasteiger partial charge < -0.3 is 10.1 Å². The zero-order valence-electron chi connectivity index (χ0n) is 14.8. The van der Waals surface area contributed by atoms with Gasteiger partial charge in [0.1, 0.15) is 5.00 Å². The van der Waals surface area contributed by atoms with E-state index >= 15 is 0 Å². The monoisotopic (exact) mass is 409 g/mol. The number of carbonyl (C=O) groups excluding carboxylic acids is 2. The largest absolute Gasteiger partial charge is 0.462 e. The fourth-order valence-electron chi connectivity index (χ4n) is 3.05. The van der Waals surface area contributed by atoms with Crippen molar-refractivity contribution in [1.29, 1.82) is 0 Å². The maximum absolute atomic E-state index is 12.5. The normalized spacial score (nSPS) is 13.7. The summed E-state index contributed by atoms with van der Waals surface area (Å²) in [5.41, 5.74) is 1.68. The highest BCUT2D eigenvalue weighted by atomic mass is 32.2. The number of amides is 1. The second kappa shape index (κ2) is 9.58. The predicted molar refractivity (Wildman–Crippen MR) is 111 cm³/mol. The summed E-state index contributed by atoms with van der Waals surface area (Å²) in [6.07, 6.45) is 5.28. The number of fused-ring (bicyclic) bond motifs is 1. The minimum Gasteiger partial charge on any atom is -0.462 e. The van der Waals surface area contributed by atoms with Gasteiger partial charge in [0, 0.05) is 15.5 Å². The van der Waals surface area contributed by atoms with Crippen molar-refractivity contribution in [2.24, 2.45) is 0 Å². The molecule has 3 rings (SSSR count). The van der Waals surface area contributed by atoms with E-state index in [1.807, 2.05) is 18.4 Å². The lowest BCUT2D eigenvalue weighted by Crippen LogP contribution is -2.17. The molecule has 2 heterocycles. The molecule has 0 unspecified atom stereocenters. The van der Waals surface area contributed by atoms with Gasteiger partial charge in [-0.3, -0.25) is 4.79 Å². The molecule has 2 aromatic rings. The van der Waals surface area contributed by atoms with Crippen molar-refractivity contribution in [1.82, 2.24) is 0 Å². The van der Waals surface area contributed by atoms with E-state index in [1.165, 1.54) is 16.2 Å². The number of rotatable bonds is 7. The van der Waals surface area contributed by atoms with Gasteiger partial charge in [0.25, 0.3) is 0 Å². The summed E-state index contributed by atoms with van der Waals surface area (Å²) in [5, 5.41) is 5.67. The molecule has 0 radical (unpaired) electrons. The van der Waals surface area contributed by atoms with E-state index in [-0.39, 0.29) is 11.9 Å². The van der Waals surface area contributed by atoms with Gasteiger partial charge in [-0.05, 0) is 49.6 Å². The van der Waals surface area contributed by atoms with Gasteiger partial charge in [-0.2, -0.15) is 0 Å². The molecule has 0 saturated heterocycles. The lowest BCUT2D eigenvalue weighted by molar-refractivity contribution is -0.113. The highest BCUT2D eigenvalue weighted by Crippen LogP contribution is 2.38. The number of anilines is 1. The molecule has 1 amide bonds. The molecule has 2 aromatic heterocycles. The Bertz CT molecular complexity index is 752. The molecule has 0 fully saturated rings. The number of thioether (sulfide) groups is 1. The average molecular weight is 410 g/mol. The SMILES string of the molecule is CCOC(=O)c1c(NC(=O)CSCc2cccs2)sc2c1CCCCC2. The standard InChI is InChI=1S/C19H23NO3S3/c1-2-23-19(22)17-14-8-4-3-5-9-15(14)26-18(17)20-16(21)12-24-11-13-7-6-10-25-13/h6-7,10H,2-5,8-9,11-12H2,1H3,(H,20,21). The number of hydrogen-bond acceptors (Lipinski definition) is 6. The number of ether oxygens (including phenoxy) is 1. The Balaban J connectivity index is 1.69. The fourth-order valence-corrected chi connectivity index (χ4v) is 6.01. The van der Waals surface area contributed by atoms with Crippen LogP contribution in [0.5, 0.6) is 0 Å². The Morgan fingerprint density at radius 3 is 2.88 bits per heavy atom. The van der Waals surface area contributed by atoms with Gasteiger partial charge in [0.2, 0.25) is 5.91 Å². The van der Waals surface area contributed by atoms with E-state index in [9.17, 15) is 9.59 Å². The van der Waals surface area contributed by atoms with E-state index in [0.717, 1.165) is 37.0 Å². The lowest BCUT2D eigenvalue weighted by atomic mass is 10.1. The molecule has 4 nitrogen and oxygen atoms in total. The summed E-state index contributed by atoms with van der Waals surface area (Å²) in [5.74, 6) is 0.835. The van der Waals surface area contributed by atoms with Crippen LogP contribution in [0.25, 0.3) is 0 Å². The molecule has 1 aliphatic rings. The summed E-state index contributed by atoms with van der Waals surface area (Å²) in [4.78, 5) is 27.4. The van der Waals surface area contributed by atoms with Crippen molar-refractivity contribution in [3.63, 3.8) is 0 Å². The quantitative estimate of drug-likeness (QED) is 0.509. The molecule has 0 bridgehead atoms. The summed E-state index contributed by atoms with van der Waals surface area (Å²) in [6.45, 7) is 2.15. The van der Waals surface area contributed by atoms with Crippen LogP contribution in [-0.2, 0) is 28.1 Å². The van der Waals surface area contributed by atoms with E-state index in [2.05, 4.69) is 11.4 Å². The van der Waals surface area contributed by atoms with Crippen molar-refractivity contribution in [2.45, 2.75) is 44.8 Å². The average Bonchev–Trinajstić information content (AvgIpc) is 3.18. The van der Waals surface area contributed by atoms with Crippen molar-refractivity contribution in [3.8, 4) is 0 Å². The maximum atomic E-state index is 12.5. The zero-order chi connectivity index (χ0) is 18.4. The summed E-state index contributed by atoms with van der Waals surface area (Å²) < 4.78 is 5.26. The third-order valence-corrected chi connectivity index (χ3v) is 7.46. The Morgan fingerprint density at radius 2 is 2.12 bits per heavy atom. The van der Waals surface area contributed by atoms with Crippen LogP contribution in [0.2, 0.25) is 0 Å². The molecule has 0 aromatic carbocycles. The smallest absolute Gasteiger partial charge is 0.341 e. The first-order valence-electron chi connectivity index (χ1n) is 8.90. The van der Waals surface area contributed by atoms with Crippen LogP contribution in [0.4, 0.5) is 5.00 Å². The molecular weight excluding hydrogens is 386 g/mol. The van der Waals surface area contributed by atoms with Crippen LogP contribution in [0.1, 0.15) is 51.9 Å². The molecular formula is C19H23NO3S3. The van der Waals surface area contributed by atoms with Gasteiger partial charge in [0.15, 0.2) is 0 Å². The molecule has 1 N–H and O–H groups in total. The second-order valence-electron chi connectivity index (χ2n) is 6.11. The van der Waals surface area contributed by atoms with Crippen molar-refractivity contribution >= 4 is 51.3 Å². The third-order valence-electron chi connectivity index (χ3n) is 4.21. The molecule has 0 saturated carbocycles. The number of hydrogen-bond donors (Lipinski definition) is 1. The van der Waals surface area contributed by atoms with Crippen LogP contribution in [0.15, 0.2) is 17.5 Å². The summed E-state index contributed by atoms with van der Waals surface area (Å²) >= 11 is 4.84. The van der Waals surface area contributed by atoms with Gasteiger partial charge in [-0.15, -0.1) is 34.4 Å². The van der Waals surface area contributed by atoms with E-state index in [4.69, 9.17) is 4.74 Å². The topological polar surface area (TPSA) is 55.4 Å². The Morgan fingerprint density at radius 1 is 1.27 bits per heavy atom. The second-order valence-corrected chi connectivity index (χ2v) is 9.23. The lowest BCUT2D eigenvalue weighted by Gasteiger charge is -2.08. The Labute approximate surface area is 166 Å². The van der Waals surface area contributed by atoms with E-state index < -0.39 is 0 Å². The van der Waals surface area contributed by atoms with Crippen LogP contribution in [0, 0.1) is 0 Å². The highest BCUT2D eigenvalue weighted by molar-refractivity contribution is 7.99. The molecule has 0 aliphatic heterocycles. The fraction of sp³-hybridized carbons (Fsp3) is 0.474. The van der Waals surface area contributed by atoms with Gasteiger partial charge in [-0.1, -0.05) is 12.5 Å². The van der Waals surface area contributed by atoms with Crippen LogP contribution in [0.3, 0.4) is 0 Å². The first-order chi connectivity index (χ1) is 12.7. The summed E-state index contributed by atoms with van der Waals surface area (Å²) in [7, 11) is 0. The van der Waals surface area contributed by atoms with Crippen LogP contribution >= 0.6 is 34.4 Å². The molecule has 0 atom stereocenters. The highest BCUT2D eigenvalue weighted by Gasteiger charge is 2.26. The van der Waals surface area contributed by atoms with Crippen LogP contribution in [-0.4, -0.2) is 24.2 Å². The molecule has 0 spiro atoms. The minimum atomic E-state index is -0.312. The van der Waals surface area contributed by atoms with Crippen molar-refractivity contribution in [3.05, 3.63) is 38.4 Å². The maximum Gasteiger partial charge on any atom is 0.341 e. The number of nitrogens with one attached hydrogen (secondary N) is 1. The molecule has 140 valence electrons. The number of esters is 1. The zero-order valence-corrected chi connectivity index (χ0v) is 17.3. The number of aryl methyl sites for hydroxylation is 1. The number of thiophene rings is 2. The van der Waals surface area contributed by atoms with Gasteiger partial charge in [0.05, 0.1) is 17.9 Å². The van der Waals surface area contributed by atoms with Crippen molar-refractivity contribution in [2.75, 3.05) is 17.7 Å².